The lowest BCUT2D eigenvalue weighted by Crippen LogP contribution is -2.46. The van der Waals surface area contributed by atoms with Gasteiger partial charge in [0.15, 0.2) is 0 Å². The predicted molar refractivity (Wildman–Crippen MR) is 114 cm³/mol. The van der Waals surface area contributed by atoms with Gasteiger partial charge in [-0.1, -0.05) is 30.3 Å². The predicted octanol–water partition coefficient (Wildman–Crippen LogP) is 3.18. The highest BCUT2D eigenvalue weighted by Gasteiger charge is 2.29. The van der Waals surface area contributed by atoms with Gasteiger partial charge in [-0.05, 0) is 30.5 Å². The standard InChI is InChI=1S/C22H28N4O3/c1-25(15-16-6-4-3-5-7-16)22(28)26-12-10-17(11-13-26)21(27)24-20-14-18(29-2)8-9-19(20)23/h3-9,14,17H,10-13,15,23H2,1-2H3,(H,24,27). The molecule has 0 radical (unpaired) electrons. The summed E-state index contributed by atoms with van der Waals surface area (Å²) in [5.74, 6) is 0.412. The van der Waals surface area contributed by atoms with Gasteiger partial charge in [-0.15, -0.1) is 0 Å². The van der Waals surface area contributed by atoms with Gasteiger partial charge in [0.1, 0.15) is 5.75 Å². The van der Waals surface area contributed by atoms with Crippen molar-refractivity contribution in [1.82, 2.24) is 9.80 Å². The van der Waals surface area contributed by atoms with Gasteiger partial charge in [-0.2, -0.15) is 0 Å². The Labute approximate surface area is 171 Å². The minimum Gasteiger partial charge on any atom is -0.497 e. The Kier molecular flexibility index (Phi) is 6.59. The molecule has 1 aliphatic rings. The van der Waals surface area contributed by atoms with E-state index in [1.807, 2.05) is 35.2 Å². The van der Waals surface area contributed by atoms with E-state index in [4.69, 9.17) is 10.5 Å². The Bertz CT molecular complexity index is 848. The molecule has 3 rings (SSSR count). The van der Waals surface area contributed by atoms with Gasteiger partial charge in [0.2, 0.25) is 5.91 Å². The number of ether oxygens (including phenoxy) is 1. The fraction of sp³-hybridized carbons (Fsp3) is 0.364. The van der Waals surface area contributed by atoms with Crippen LogP contribution in [0.5, 0.6) is 5.75 Å². The minimum absolute atomic E-state index is 0.00949. The van der Waals surface area contributed by atoms with Gasteiger partial charge >= 0.3 is 6.03 Å². The minimum atomic E-state index is -0.149. The highest BCUT2D eigenvalue weighted by atomic mass is 16.5. The molecule has 0 unspecified atom stereocenters. The molecule has 0 aromatic heterocycles. The van der Waals surface area contributed by atoms with Crippen molar-refractivity contribution in [2.75, 3.05) is 38.3 Å². The zero-order valence-electron chi connectivity index (χ0n) is 16.9. The van der Waals surface area contributed by atoms with Gasteiger partial charge in [-0.3, -0.25) is 4.79 Å². The van der Waals surface area contributed by atoms with E-state index in [9.17, 15) is 9.59 Å². The van der Waals surface area contributed by atoms with Crippen molar-refractivity contribution in [2.24, 2.45) is 5.92 Å². The molecular formula is C22H28N4O3. The summed E-state index contributed by atoms with van der Waals surface area (Å²) in [5, 5.41) is 2.90. The summed E-state index contributed by atoms with van der Waals surface area (Å²) in [4.78, 5) is 28.9. The number of nitrogen functional groups attached to an aromatic ring is 1. The van der Waals surface area contributed by atoms with E-state index in [0.717, 1.165) is 5.56 Å². The average Bonchev–Trinajstić information content (AvgIpc) is 2.75. The number of hydrogen-bond donors (Lipinski definition) is 2. The van der Waals surface area contributed by atoms with Gasteiger partial charge < -0.3 is 25.6 Å². The number of urea groups is 1. The van der Waals surface area contributed by atoms with Crippen LogP contribution >= 0.6 is 0 Å². The number of amides is 3. The first-order valence-electron chi connectivity index (χ1n) is 9.76. The number of nitrogens with one attached hydrogen (secondary N) is 1. The van der Waals surface area contributed by atoms with Crippen LogP contribution in [0.1, 0.15) is 18.4 Å². The maximum atomic E-state index is 12.7. The lowest BCUT2D eigenvalue weighted by Gasteiger charge is -2.34. The van der Waals surface area contributed by atoms with Crippen molar-refractivity contribution in [3.63, 3.8) is 0 Å². The third-order valence-electron chi connectivity index (χ3n) is 5.24. The number of carbonyl (C=O) groups excluding carboxylic acids is 2. The van der Waals surface area contributed by atoms with Crippen molar-refractivity contribution in [2.45, 2.75) is 19.4 Å². The smallest absolute Gasteiger partial charge is 0.320 e. The monoisotopic (exact) mass is 396 g/mol. The molecule has 3 amide bonds. The summed E-state index contributed by atoms with van der Waals surface area (Å²) >= 11 is 0. The topological polar surface area (TPSA) is 87.9 Å². The molecule has 0 atom stereocenters. The SMILES string of the molecule is COc1ccc(N)c(NC(=O)C2CCN(C(=O)N(C)Cc3ccccc3)CC2)c1. The Balaban J connectivity index is 1.52. The van der Waals surface area contributed by atoms with Crippen LogP contribution in [0.3, 0.4) is 0 Å². The molecule has 2 aromatic rings. The quantitative estimate of drug-likeness (QED) is 0.760. The highest BCUT2D eigenvalue weighted by Crippen LogP contribution is 2.26. The molecule has 1 aliphatic heterocycles. The van der Waals surface area contributed by atoms with Crippen LogP contribution in [-0.4, -0.2) is 49.0 Å². The Hall–Kier alpha value is -3.22. The van der Waals surface area contributed by atoms with Crippen LogP contribution < -0.4 is 15.8 Å². The van der Waals surface area contributed by atoms with E-state index < -0.39 is 0 Å². The summed E-state index contributed by atoms with van der Waals surface area (Å²) in [5.41, 5.74) is 8.09. The van der Waals surface area contributed by atoms with E-state index in [0.29, 0.717) is 49.6 Å². The van der Waals surface area contributed by atoms with Crippen molar-refractivity contribution in [3.8, 4) is 5.75 Å². The van der Waals surface area contributed by atoms with E-state index in [2.05, 4.69) is 5.32 Å². The summed E-state index contributed by atoms with van der Waals surface area (Å²) in [7, 11) is 3.37. The number of benzene rings is 2. The van der Waals surface area contributed by atoms with E-state index >= 15 is 0 Å². The number of carbonyl (C=O) groups is 2. The number of piperidine rings is 1. The molecule has 3 N–H and O–H groups in total. The zero-order valence-corrected chi connectivity index (χ0v) is 16.9. The Morgan fingerprint density at radius 2 is 1.86 bits per heavy atom. The molecular weight excluding hydrogens is 368 g/mol. The molecule has 7 heteroatoms. The fourth-order valence-corrected chi connectivity index (χ4v) is 3.50. The molecule has 0 aliphatic carbocycles. The Morgan fingerprint density at radius 1 is 1.17 bits per heavy atom. The van der Waals surface area contributed by atoms with Crippen molar-refractivity contribution in [1.29, 1.82) is 0 Å². The normalized spacial score (nSPS) is 14.3. The molecule has 154 valence electrons. The van der Waals surface area contributed by atoms with E-state index in [1.165, 1.54) is 0 Å². The highest BCUT2D eigenvalue weighted by molar-refractivity contribution is 5.95. The first-order valence-corrected chi connectivity index (χ1v) is 9.76. The molecule has 1 heterocycles. The fourth-order valence-electron chi connectivity index (χ4n) is 3.50. The van der Waals surface area contributed by atoms with Crippen LogP contribution in [-0.2, 0) is 11.3 Å². The first-order chi connectivity index (χ1) is 14.0. The number of hydrogen-bond acceptors (Lipinski definition) is 4. The maximum absolute atomic E-state index is 12.7. The number of methoxy groups -OCH3 is 1. The summed E-state index contributed by atoms with van der Waals surface area (Å²) < 4.78 is 5.19. The van der Waals surface area contributed by atoms with Gasteiger partial charge in [0, 0.05) is 38.7 Å². The third kappa shape index (κ3) is 5.19. The van der Waals surface area contributed by atoms with Crippen LogP contribution in [0, 0.1) is 5.92 Å². The molecule has 1 saturated heterocycles. The van der Waals surface area contributed by atoms with Crippen LogP contribution in [0.2, 0.25) is 0 Å². The molecule has 0 spiro atoms. The first kappa shape index (κ1) is 20.5. The summed E-state index contributed by atoms with van der Waals surface area (Å²) in [6.45, 7) is 1.68. The van der Waals surface area contributed by atoms with Crippen molar-refractivity contribution in [3.05, 3.63) is 54.1 Å². The Morgan fingerprint density at radius 3 is 2.52 bits per heavy atom. The largest absolute Gasteiger partial charge is 0.497 e. The van der Waals surface area contributed by atoms with E-state index in [1.54, 1.807) is 37.3 Å². The second kappa shape index (κ2) is 9.32. The second-order valence-corrected chi connectivity index (χ2v) is 7.33. The second-order valence-electron chi connectivity index (χ2n) is 7.33. The lowest BCUT2D eigenvalue weighted by atomic mass is 9.96. The molecule has 7 nitrogen and oxygen atoms in total. The number of nitrogens with zero attached hydrogens (tertiary/aromatic N) is 2. The number of rotatable bonds is 5. The molecule has 0 bridgehead atoms. The molecule has 2 aromatic carbocycles. The van der Waals surface area contributed by atoms with Crippen LogP contribution in [0.15, 0.2) is 48.5 Å². The maximum Gasteiger partial charge on any atom is 0.320 e. The zero-order chi connectivity index (χ0) is 20.8. The van der Waals surface area contributed by atoms with E-state index in [-0.39, 0.29) is 17.9 Å². The van der Waals surface area contributed by atoms with Crippen molar-refractivity contribution < 1.29 is 14.3 Å². The van der Waals surface area contributed by atoms with Gasteiger partial charge in [-0.25, -0.2) is 4.79 Å². The molecule has 1 fully saturated rings. The lowest BCUT2D eigenvalue weighted by molar-refractivity contribution is -0.121. The molecule has 0 saturated carbocycles. The number of likely N-dealkylation sites (tertiary alicyclic amines) is 1. The number of anilines is 2. The molecule has 29 heavy (non-hydrogen) atoms. The number of nitrogens with two attached hydrogens (primary N) is 1. The summed E-state index contributed by atoms with van der Waals surface area (Å²) in [6.07, 6.45) is 1.25. The van der Waals surface area contributed by atoms with Gasteiger partial charge in [0.25, 0.3) is 0 Å². The summed E-state index contributed by atoms with van der Waals surface area (Å²) in [6, 6.07) is 15.1. The van der Waals surface area contributed by atoms with Crippen molar-refractivity contribution >= 4 is 23.3 Å². The van der Waals surface area contributed by atoms with Crippen LogP contribution in [0.25, 0.3) is 0 Å². The van der Waals surface area contributed by atoms with Crippen LogP contribution in [0.4, 0.5) is 16.2 Å². The average molecular weight is 396 g/mol. The third-order valence-corrected chi connectivity index (χ3v) is 5.24. The van der Waals surface area contributed by atoms with Gasteiger partial charge in [0.05, 0.1) is 18.5 Å².